The van der Waals surface area contributed by atoms with Crippen molar-refractivity contribution in [2.24, 2.45) is 11.8 Å². The molecule has 20 nitrogen and oxygen atoms in total. The number of sulfonamides is 2. The lowest BCUT2D eigenvalue weighted by atomic mass is 9.79. The van der Waals surface area contributed by atoms with Crippen molar-refractivity contribution in [1.82, 2.24) is 19.2 Å². The van der Waals surface area contributed by atoms with Gasteiger partial charge in [-0.1, -0.05) is 113 Å². The van der Waals surface area contributed by atoms with E-state index < -0.39 is 82.0 Å². The Kier molecular flexibility index (Phi) is 23.2. The molecular weight excluding hydrogens is 1070 g/mol. The van der Waals surface area contributed by atoms with E-state index in [1.54, 1.807) is 12.1 Å². The van der Waals surface area contributed by atoms with Crippen LogP contribution in [-0.4, -0.2) is 172 Å². The molecular formula is C56H80B2N4O16S2. The number of aliphatic hydroxyl groups excluding tert-OH is 2. The SMILES string of the molecule is CC(C)CN(C[C@@H](O)[C@H](Cc1ccccc1)NC(=O)O[C@H]1CCOC1)S(=O)(=O)c1ccc(B(O)O)cc1.CC(C)CN(C[C@@H](O)[C@H](Cc1ccccc1)NC(=O)O[C@H]1CCOC1)S(=O)(=O)c1ccc(B2OC(C)(C)C(C)(C)O2)cc1. The summed E-state index contributed by atoms with van der Waals surface area (Å²) in [4.78, 5) is 25.4. The van der Waals surface area contributed by atoms with Gasteiger partial charge in [0.25, 0.3) is 0 Å². The lowest BCUT2D eigenvalue weighted by molar-refractivity contribution is 0.00578. The quantitative estimate of drug-likeness (QED) is 0.0547. The lowest BCUT2D eigenvalue weighted by Gasteiger charge is -2.32. The Morgan fingerprint density at radius 1 is 0.613 bits per heavy atom. The maximum absolute atomic E-state index is 13.9. The lowest BCUT2D eigenvalue weighted by Crippen LogP contribution is -2.51. The second kappa shape index (κ2) is 28.8. The van der Waals surface area contributed by atoms with E-state index in [0.717, 1.165) is 11.1 Å². The maximum atomic E-state index is 13.9. The number of carbonyl (C=O) groups is 2. The standard InChI is InChI=1S/C31H45BN2O8S.C25H35BN2O8S/c1-22(2)19-34(43(37,38)26-14-12-24(13-15-26)32-41-30(3,4)31(5,6)42-32)20-28(35)27(18-23-10-8-7-9-11-23)33-29(36)40-25-16-17-39-21-25;1-18(2)15-28(37(33,34)22-10-8-20(9-11-22)26(31)32)16-24(29)23(14-19-6-4-3-5-7-19)27-25(30)36-21-12-13-35-17-21/h7-15,22,25,27-28,35H,16-21H2,1-6H3,(H,33,36);3-11,18,21,23-24,29,31-32H,12-17H2,1-2H3,(H,27,30)/t25-,27-,28+;21-,23-,24+/m00/s1. The summed E-state index contributed by atoms with van der Waals surface area (Å²) in [5, 5.41) is 46.8. The number of nitrogens with one attached hydrogen (secondary N) is 2. The van der Waals surface area contributed by atoms with Crippen molar-refractivity contribution in [2.75, 3.05) is 52.6 Å². The van der Waals surface area contributed by atoms with Gasteiger partial charge in [0.15, 0.2) is 0 Å². The number of ether oxygens (including phenoxy) is 4. The number of hydrogen-bond donors (Lipinski definition) is 6. The molecule has 0 saturated carbocycles. The van der Waals surface area contributed by atoms with E-state index >= 15 is 0 Å². The first-order valence-corrected chi connectivity index (χ1v) is 30.1. The summed E-state index contributed by atoms with van der Waals surface area (Å²) >= 11 is 0. The molecule has 6 N–H and O–H groups in total. The summed E-state index contributed by atoms with van der Waals surface area (Å²) in [6.45, 7) is 16.9. The number of amides is 2. The van der Waals surface area contributed by atoms with Crippen LogP contribution in [0.2, 0.25) is 0 Å². The Bertz CT molecular complexity index is 2770. The van der Waals surface area contributed by atoms with Gasteiger partial charge in [-0.15, -0.1) is 0 Å². The molecule has 4 aromatic carbocycles. The summed E-state index contributed by atoms with van der Waals surface area (Å²) in [5.74, 6) is -0.0627. The fraction of sp³-hybridized carbons (Fsp3) is 0.536. The molecule has 0 aliphatic carbocycles. The van der Waals surface area contributed by atoms with Gasteiger partial charge < -0.3 is 59.2 Å². The van der Waals surface area contributed by atoms with Gasteiger partial charge in [-0.2, -0.15) is 8.61 Å². The van der Waals surface area contributed by atoms with E-state index in [1.165, 1.54) is 45.0 Å². The molecule has 3 fully saturated rings. The van der Waals surface area contributed by atoms with Gasteiger partial charge in [0.05, 0.1) is 71.7 Å². The minimum atomic E-state index is -4.04. The molecule has 80 heavy (non-hydrogen) atoms. The summed E-state index contributed by atoms with van der Waals surface area (Å²) in [7, 11) is -10.4. The van der Waals surface area contributed by atoms with E-state index in [0.29, 0.717) is 44.7 Å². The van der Waals surface area contributed by atoms with Crippen molar-refractivity contribution in [3.05, 3.63) is 120 Å². The summed E-state index contributed by atoms with van der Waals surface area (Å²) < 4.78 is 90.9. The van der Waals surface area contributed by atoms with Gasteiger partial charge in [-0.25, -0.2) is 26.4 Å². The van der Waals surface area contributed by atoms with Crippen LogP contribution in [0.1, 0.15) is 79.4 Å². The number of nitrogens with zero attached hydrogens (tertiary/aromatic N) is 2. The highest BCUT2D eigenvalue weighted by Crippen LogP contribution is 2.36. The normalized spacial score (nSPS) is 19.5. The Hall–Kier alpha value is -4.95. The molecule has 3 aliphatic rings. The largest absolute Gasteiger partial charge is 0.494 e. The predicted molar refractivity (Wildman–Crippen MR) is 303 cm³/mol. The van der Waals surface area contributed by atoms with Crippen molar-refractivity contribution in [1.29, 1.82) is 0 Å². The monoisotopic (exact) mass is 1150 g/mol. The Morgan fingerprint density at radius 3 is 1.32 bits per heavy atom. The van der Waals surface area contributed by atoms with E-state index in [1.807, 2.05) is 116 Å². The van der Waals surface area contributed by atoms with Crippen LogP contribution in [-0.2, 0) is 61.1 Å². The van der Waals surface area contributed by atoms with Gasteiger partial charge in [0, 0.05) is 39.0 Å². The zero-order valence-corrected chi connectivity index (χ0v) is 48.7. The second-order valence-corrected chi connectivity index (χ2v) is 26.2. The Balaban J connectivity index is 0.000000261. The number of rotatable bonds is 24. The third-order valence-electron chi connectivity index (χ3n) is 14.2. The van der Waals surface area contributed by atoms with Crippen LogP contribution in [0.3, 0.4) is 0 Å². The van der Waals surface area contributed by atoms with E-state index in [2.05, 4.69) is 10.6 Å². The summed E-state index contributed by atoms with van der Waals surface area (Å²) in [5.41, 5.74) is 1.57. The van der Waals surface area contributed by atoms with Crippen LogP contribution >= 0.6 is 0 Å². The average molecular weight is 1150 g/mol. The number of hydrogen-bond acceptors (Lipinski definition) is 16. The molecule has 24 heteroatoms. The van der Waals surface area contributed by atoms with Crippen LogP contribution in [0.5, 0.6) is 0 Å². The van der Waals surface area contributed by atoms with Crippen molar-refractivity contribution in [3.63, 3.8) is 0 Å². The van der Waals surface area contributed by atoms with E-state index in [4.69, 9.17) is 28.3 Å². The summed E-state index contributed by atoms with van der Waals surface area (Å²) in [6, 6.07) is 28.7. The molecule has 0 aromatic heterocycles. The molecule has 0 bridgehead atoms. The van der Waals surface area contributed by atoms with Crippen molar-refractivity contribution in [2.45, 2.75) is 139 Å². The molecule has 0 spiro atoms. The number of aliphatic hydroxyl groups is 2. The van der Waals surface area contributed by atoms with Gasteiger partial charge >= 0.3 is 26.4 Å². The number of benzene rings is 4. The zero-order chi connectivity index (χ0) is 58.4. The van der Waals surface area contributed by atoms with Crippen LogP contribution < -0.4 is 21.6 Å². The second-order valence-electron chi connectivity index (χ2n) is 22.3. The molecule has 438 valence electrons. The highest BCUT2D eigenvalue weighted by Gasteiger charge is 2.52. The fourth-order valence-electron chi connectivity index (χ4n) is 9.10. The van der Waals surface area contributed by atoms with E-state index in [9.17, 15) is 46.7 Å². The van der Waals surface area contributed by atoms with Crippen LogP contribution in [0.25, 0.3) is 0 Å². The minimum Gasteiger partial charge on any atom is -0.444 e. The van der Waals surface area contributed by atoms with Crippen molar-refractivity contribution < 1.29 is 74.9 Å². The molecule has 4 aromatic rings. The Morgan fingerprint density at radius 2 is 0.988 bits per heavy atom. The first kappa shape index (κ1) is 64.2. The third-order valence-corrected chi connectivity index (χ3v) is 17.9. The minimum absolute atomic E-state index is 0.0149. The molecule has 7 rings (SSSR count). The van der Waals surface area contributed by atoms with Gasteiger partial charge in [0.2, 0.25) is 20.0 Å². The van der Waals surface area contributed by atoms with Crippen LogP contribution in [0.4, 0.5) is 9.59 Å². The van der Waals surface area contributed by atoms with E-state index in [-0.39, 0.29) is 78.3 Å². The maximum Gasteiger partial charge on any atom is 0.494 e. The molecule has 3 saturated heterocycles. The van der Waals surface area contributed by atoms with Gasteiger partial charge in [-0.05, 0) is 98.7 Å². The average Bonchev–Trinajstić information content (AvgIpc) is 4.18. The van der Waals surface area contributed by atoms with Crippen LogP contribution in [0, 0.1) is 11.8 Å². The highest BCUT2D eigenvalue weighted by molar-refractivity contribution is 7.89. The first-order chi connectivity index (χ1) is 37.7. The predicted octanol–water partition coefficient (Wildman–Crippen LogP) is 3.62. The van der Waals surface area contributed by atoms with Crippen LogP contribution in [0.15, 0.2) is 119 Å². The third kappa shape index (κ3) is 18.3. The fourth-order valence-corrected chi connectivity index (χ4v) is 12.3. The molecule has 6 atom stereocenters. The summed E-state index contributed by atoms with van der Waals surface area (Å²) in [6.07, 6.45) is -2.82. The highest BCUT2D eigenvalue weighted by atomic mass is 32.2. The van der Waals surface area contributed by atoms with Gasteiger partial charge in [0.1, 0.15) is 12.2 Å². The number of carbonyl (C=O) groups excluding carboxylic acids is 2. The number of alkyl carbamates (subject to hydrolysis) is 2. The van der Waals surface area contributed by atoms with Crippen molar-refractivity contribution in [3.8, 4) is 0 Å². The zero-order valence-electron chi connectivity index (χ0n) is 47.0. The topological polar surface area (TPSA) is 269 Å². The molecule has 2 amide bonds. The smallest absolute Gasteiger partial charge is 0.444 e. The van der Waals surface area contributed by atoms with Crippen molar-refractivity contribution >= 4 is 57.4 Å². The first-order valence-electron chi connectivity index (χ1n) is 27.2. The molecule has 0 unspecified atom stereocenters. The van der Waals surface area contributed by atoms with Gasteiger partial charge in [-0.3, -0.25) is 0 Å². The molecule has 3 aliphatic heterocycles. The Labute approximate surface area is 472 Å². The molecule has 3 heterocycles. The molecule has 0 radical (unpaired) electrons.